The topological polar surface area (TPSA) is 75.4 Å². The van der Waals surface area contributed by atoms with Gasteiger partial charge in [0.2, 0.25) is 5.91 Å². The van der Waals surface area contributed by atoms with E-state index in [2.05, 4.69) is 4.98 Å². The van der Waals surface area contributed by atoms with Gasteiger partial charge in [-0.1, -0.05) is 12.1 Å². The molecular weight excluding hydrogens is 306 g/mol. The van der Waals surface area contributed by atoms with Crippen molar-refractivity contribution in [1.82, 2.24) is 14.5 Å². The summed E-state index contributed by atoms with van der Waals surface area (Å²) >= 11 is 0. The van der Waals surface area contributed by atoms with Crippen LogP contribution in [-0.4, -0.2) is 44.5 Å². The molecule has 1 aliphatic heterocycles. The Balaban J connectivity index is 1.53. The van der Waals surface area contributed by atoms with Crippen LogP contribution < -0.4 is 0 Å². The van der Waals surface area contributed by atoms with Crippen molar-refractivity contribution in [2.75, 3.05) is 13.1 Å². The number of rotatable bonds is 6. The highest BCUT2D eigenvalue weighted by molar-refractivity contribution is 5.77. The van der Waals surface area contributed by atoms with E-state index in [0.29, 0.717) is 31.8 Å². The van der Waals surface area contributed by atoms with Crippen molar-refractivity contribution in [2.45, 2.75) is 38.6 Å². The minimum absolute atomic E-state index is 0.146. The molecule has 1 N–H and O–H groups in total. The Morgan fingerprint density at radius 1 is 1.25 bits per heavy atom. The Bertz CT molecular complexity index is 725. The number of fused-ring (bicyclic) bond motifs is 1. The number of likely N-dealkylation sites (tertiary alicyclic amines) is 1. The first-order chi connectivity index (χ1) is 11.6. The molecule has 6 heteroatoms. The van der Waals surface area contributed by atoms with Crippen LogP contribution in [0.25, 0.3) is 11.0 Å². The summed E-state index contributed by atoms with van der Waals surface area (Å²) in [5.41, 5.74) is 1.99. The van der Waals surface area contributed by atoms with Crippen LogP contribution in [0.2, 0.25) is 0 Å². The van der Waals surface area contributed by atoms with Crippen molar-refractivity contribution in [3.8, 4) is 0 Å². The number of piperidine rings is 1. The maximum absolute atomic E-state index is 12.5. The summed E-state index contributed by atoms with van der Waals surface area (Å²) in [5.74, 6) is -0.300. The summed E-state index contributed by atoms with van der Waals surface area (Å²) in [6.07, 6.45) is 5.06. The van der Waals surface area contributed by atoms with Gasteiger partial charge in [0.15, 0.2) is 0 Å². The minimum atomic E-state index is -0.759. The first kappa shape index (κ1) is 16.5. The fourth-order valence-electron chi connectivity index (χ4n) is 3.42. The smallest absolute Gasteiger partial charge is 0.303 e. The standard InChI is InChI=1S/C18H23N3O3/c22-17(20-10-3-4-14(12-20)7-8-18(23)24)9-11-21-13-19-15-5-1-2-6-16(15)21/h1-2,5-6,13-14H,3-4,7-12H2,(H,23,24). The highest BCUT2D eigenvalue weighted by Crippen LogP contribution is 2.22. The number of carbonyl (C=O) groups excluding carboxylic acids is 1. The number of aliphatic carboxylic acids is 1. The number of carbonyl (C=O) groups is 2. The Labute approximate surface area is 141 Å². The van der Waals surface area contributed by atoms with Crippen LogP contribution in [0.3, 0.4) is 0 Å². The van der Waals surface area contributed by atoms with Gasteiger partial charge in [0.05, 0.1) is 17.4 Å². The third kappa shape index (κ3) is 3.93. The number of amides is 1. The van der Waals surface area contributed by atoms with E-state index in [1.807, 2.05) is 33.7 Å². The van der Waals surface area contributed by atoms with Crippen LogP contribution >= 0.6 is 0 Å². The van der Waals surface area contributed by atoms with E-state index in [1.165, 1.54) is 0 Å². The first-order valence-electron chi connectivity index (χ1n) is 8.53. The number of benzene rings is 1. The fraction of sp³-hybridized carbons (Fsp3) is 0.500. The third-order valence-corrected chi connectivity index (χ3v) is 4.73. The number of para-hydroxylation sites is 2. The number of aromatic nitrogens is 2. The zero-order chi connectivity index (χ0) is 16.9. The fourth-order valence-corrected chi connectivity index (χ4v) is 3.42. The van der Waals surface area contributed by atoms with Gasteiger partial charge in [-0.25, -0.2) is 4.98 Å². The molecule has 0 saturated carbocycles. The van der Waals surface area contributed by atoms with Crippen LogP contribution in [0, 0.1) is 5.92 Å². The van der Waals surface area contributed by atoms with E-state index in [-0.39, 0.29) is 12.3 Å². The maximum Gasteiger partial charge on any atom is 0.303 e. The monoisotopic (exact) mass is 329 g/mol. The van der Waals surface area contributed by atoms with Gasteiger partial charge in [-0.15, -0.1) is 0 Å². The van der Waals surface area contributed by atoms with Crippen LogP contribution in [0.15, 0.2) is 30.6 Å². The normalized spacial score (nSPS) is 18.0. The predicted molar refractivity (Wildman–Crippen MR) is 90.5 cm³/mol. The zero-order valence-electron chi connectivity index (χ0n) is 13.7. The molecule has 24 heavy (non-hydrogen) atoms. The van der Waals surface area contributed by atoms with E-state index in [0.717, 1.165) is 30.4 Å². The second kappa shape index (κ2) is 7.47. The molecule has 1 aliphatic rings. The molecule has 2 heterocycles. The predicted octanol–water partition coefficient (Wildman–Crippen LogP) is 2.53. The first-order valence-corrected chi connectivity index (χ1v) is 8.53. The van der Waals surface area contributed by atoms with Gasteiger partial charge in [0.25, 0.3) is 0 Å². The second-order valence-electron chi connectivity index (χ2n) is 6.46. The molecule has 1 fully saturated rings. The molecule has 128 valence electrons. The van der Waals surface area contributed by atoms with E-state index < -0.39 is 5.97 Å². The molecule has 0 bridgehead atoms. The summed E-state index contributed by atoms with van der Waals surface area (Å²) in [7, 11) is 0. The lowest BCUT2D eigenvalue weighted by Gasteiger charge is -2.32. The summed E-state index contributed by atoms with van der Waals surface area (Å²) in [5, 5.41) is 8.81. The molecule has 1 atom stereocenters. The number of aryl methyl sites for hydroxylation is 1. The van der Waals surface area contributed by atoms with E-state index in [4.69, 9.17) is 5.11 Å². The van der Waals surface area contributed by atoms with E-state index >= 15 is 0 Å². The van der Waals surface area contributed by atoms with Crippen molar-refractivity contribution in [3.05, 3.63) is 30.6 Å². The SMILES string of the molecule is O=C(O)CCC1CCCN(C(=O)CCn2cnc3ccccc32)C1. The minimum Gasteiger partial charge on any atom is -0.481 e. The molecule has 2 aromatic rings. The molecule has 1 saturated heterocycles. The second-order valence-corrected chi connectivity index (χ2v) is 6.46. The van der Waals surface area contributed by atoms with Crippen molar-refractivity contribution >= 4 is 22.9 Å². The van der Waals surface area contributed by atoms with Crippen LogP contribution in [0.1, 0.15) is 32.1 Å². The molecule has 0 spiro atoms. The Morgan fingerprint density at radius 2 is 2.08 bits per heavy atom. The number of carboxylic acid groups (broad SMARTS) is 1. The average molecular weight is 329 g/mol. The molecule has 6 nitrogen and oxygen atoms in total. The van der Waals surface area contributed by atoms with Gasteiger partial charge >= 0.3 is 5.97 Å². The lowest BCUT2D eigenvalue weighted by Crippen LogP contribution is -2.40. The third-order valence-electron chi connectivity index (χ3n) is 4.73. The molecule has 1 aromatic carbocycles. The zero-order valence-corrected chi connectivity index (χ0v) is 13.7. The summed E-state index contributed by atoms with van der Waals surface area (Å²) < 4.78 is 2.01. The molecule has 0 aliphatic carbocycles. The van der Waals surface area contributed by atoms with Crippen molar-refractivity contribution < 1.29 is 14.7 Å². The number of hydrogen-bond acceptors (Lipinski definition) is 3. The molecule has 1 aromatic heterocycles. The average Bonchev–Trinajstić information content (AvgIpc) is 3.01. The van der Waals surface area contributed by atoms with E-state index in [9.17, 15) is 9.59 Å². The summed E-state index contributed by atoms with van der Waals surface area (Å²) in [6.45, 7) is 2.10. The largest absolute Gasteiger partial charge is 0.481 e. The Morgan fingerprint density at radius 3 is 2.92 bits per heavy atom. The number of imidazole rings is 1. The van der Waals surface area contributed by atoms with Gasteiger partial charge in [0, 0.05) is 32.5 Å². The number of carboxylic acids is 1. The van der Waals surface area contributed by atoms with Crippen molar-refractivity contribution in [2.24, 2.45) is 5.92 Å². The van der Waals surface area contributed by atoms with E-state index in [1.54, 1.807) is 6.33 Å². The van der Waals surface area contributed by atoms with Crippen LogP contribution in [-0.2, 0) is 16.1 Å². The molecule has 1 amide bonds. The molecule has 3 rings (SSSR count). The lowest BCUT2D eigenvalue weighted by atomic mass is 9.93. The maximum atomic E-state index is 12.5. The number of nitrogens with zero attached hydrogens (tertiary/aromatic N) is 3. The summed E-state index contributed by atoms with van der Waals surface area (Å²) in [4.78, 5) is 29.4. The van der Waals surface area contributed by atoms with Gasteiger partial charge in [-0.3, -0.25) is 9.59 Å². The van der Waals surface area contributed by atoms with Gasteiger partial charge in [0.1, 0.15) is 0 Å². The van der Waals surface area contributed by atoms with Crippen molar-refractivity contribution in [1.29, 1.82) is 0 Å². The van der Waals surface area contributed by atoms with Gasteiger partial charge < -0.3 is 14.6 Å². The number of hydrogen-bond donors (Lipinski definition) is 1. The highest BCUT2D eigenvalue weighted by Gasteiger charge is 2.23. The van der Waals surface area contributed by atoms with Crippen LogP contribution in [0.5, 0.6) is 0 Å². The van der Waals surface area contributed by atoms with Gasteiger partial charge in [-0.05, 0) is 37.3 Å². The Hall–Kier alpha value is -2.37. The summed E-state index contributed by atoms with van der Waals surface area (Å²) in [6, 6.07) is 7.90. The molecule has 1 unspecified atom stereocenters. The highest BCUT2D eigenvalue weighted by atomic mass is 16.4. The quantitative estimate of drug-likeness (QED) is 0.883. The van der Waals surface area contributed by atoms with Gasteiger partial charge in [-0.2, -0.15) is 0 Å². The van der Waals surface area contributed by atoms with Crippen LogP contribution in [0.4, 0.5) is 0 Å². The molecule has 0 radical (unpaired) electrons. The lowest BCUT2D eigenvalue weighted by molar-refractivity contribution is -0.137. The molecular formula is C18H23N3O3. The Kier molecular flexibility index (Phi) is 5.13. The van der Waals surface area contributed by atoms with Crippen molar-refractivity contribution in [3.63, 3.8) is 0 Å².